The van der Waals surface area contributed by atoms with Crippen molar-refractivity contribution in [3.05, 3.63) is 46.4 Å². The largest absolute Gasteiger partial charge is 0.281 e. The summed E-state index contributed by atoms with van der Waals surface area (Å²) in [6, 6.07) is 7.07. The van der Waals surface area contributed by atoms with Gasteiger partial charge in [-0.3, -0.25) is 4.79 Å². The number of hydrogen-bond donors (Lipinski definition) is 0. The molecule has 0 aliphatic carbocycles. The molecule has 4 nitrogen and oxygen atoms in total. The van der Waals surface area contributed by atoms with Crippen molar-refractivity contribution in [3.8, 4) is 0 Å². The van der Waals surface area contributed by atoms with Gasteiger partial charge < -0.3 is 0 Å². The summed E-state index contributed by atoms with van der Waals surface area (Å²) in [6.07, 6.45) is 1.70. The van der Waals surface area contributed by atoms with Gasteiger partial charge in [0.25, 0.3) is 5.91 Å². The molecule has 0 saturated carbocycles. The molecule has 4 heteroatoms. The monoisotopic (exact) mass is 188 g/mol. The van der Waals surface area contributed by atoms with Gasteiger partial charge in [-0.1, -0.05) is 24.3 Å². The third kappa shape index (κ3) is 0.970. The van der Waals surface area contributed by atoms with E-state index in [9.17, 15) is 9.70 Å². The molecule has 0 N–H and O–H groups in total. The number of nitroso groups, excluding NO2 is 1. The minimum absolute atomic E-state index is 0.358. The van der Waals surface area contributed by atoms with Gasteiger partial charge >= 0.3 is 0 Å². The molecule has 1 aliphatic rings. The number of benzene rings is 1. The van der Waals surface area contributed by atoms with Crippen LogP contribution in [-0.2, 0) is 0 Å². The van der Waals surface area contributed by atoms with Crippen molar-refractivity contribution in [2.75, 3.05) is 0 Å². The molecular weight excluding hydrogens is 180 g/mol. The second-order valence-electron chi connectivity index (χ2n) is 2.92. The molecule has 0 spiro atoms. The first-order valence-corrected chi connectivity index (χ1v) is 4.23. The van der Waals surface area contributed by atoms with Gasteiger partial charge in [-0.05, 0) is 13.0 Å². The normalized spacial score (nSPS) is 17.4. The molecule has 0 bridgehead atoms. The minimum Gasteiger partial charge on any atom is -0.267 e. The Morgan fingerprint density at radius 3 is 2.50 bits per heavy atom. The van der Waals surface area contributed by atoms with E-state index in [-0.39, 0.29) is 5.91 Å². The highest BCUT2D eigenvalue weighted by molar-refractivity contribution is 6.08. The van der Waals surface area contributed by atoms with Crippen LogP contribution < -0.4 is 0 Å². The van der Waals surface area contributed by atoms with Crippen molar-refractivity contribution in [3.63, 3.8) is 0 Å². The smallest absolute Gasteiger partial charge is 0.267 e. The maximum absolute atomic E-state index is 11.6. The molecule has 1 heterocycles. The second-order valence-corrected chi connectivity index (χ2v) is 2.92. The van der Waals surface area contributed by atoms with Crippen LogP contribution in [0, 0.1) is 4.91 Å². The van der Waals surface area contributed by atoms with Crippen LogP contribution in [0.1, 0.15) is 22.8 Å². The zero-order valence-electron chi connectivity index (χ0n) is 7.60. The summed E-state index contributed by atoms with van der Waals surface area (Å²) in [4.78, 5) is 22.1. The number of amides is 1. The van der Waals surface area contributed by atoms with E-state index in [0.29, 0.717) is 11.3 Å². The molecule has 0 unspecified atom stereocenters. The first kappa shape index (κ1) is 8.62. The number of hydrogen-bond acceptors (Lipinski definition) is 3. The third-order valence-electron chi connectivity index (χ3n) is 2.21. The van der Waals surface area contributed by atoms with E-state index < -0.39 is 0 Å². The zero-order valence-corrected chi connectivity index (χ0v) is 7.60. The van der Waals surface area contributed by atoms with Crippen LogP contribution in [-0.4, -0.2) is 10.9 Å². The van der Waals surface area contributed by atoms with E-state index in [4.69, 9.17) is 0 Å². The Hall–Kier alpha value is -1.97. The molecule has 1 aliphatic heterocycles. The van der Waals surface area contributed by atoms with Crippen molar-refractivity contribution in [1.29, 1.82) is 0 Å². The lowest BCUT2D eigenvalue weighted by Crippen LogP contribution is -2.15. The van der Waals surface area contributed by atoms with Crippen molar-refractivity contribution >= 4 is 11.6 Å². The first-order valence-electron chi connectivity index (χ1n) is 4.23. The van der Waals surface area contributed by atoms with E-state index in [1.807, 2.05) is 6.07 Å². The highest BCUT2D eigenvalue weighted by Crippen LogP contribution is 2.32. The summed E-state index contributed by atoms with van der Waals surface area (Å²) in [7, 11) is 0. The maximum atomic E-state index is 11.6. The quantitative estimate of drug-likeness (QED) is 0.634. The topological polar surface area (TPSA) is 49.7 Å². The average Bonchev–Trinajstić information content (AvgIpc) is 2.51. The lowest BCUT2D eigenvalue weighted by atomic mass is 10.1. The average molecular weight is 188 g/mol. The van der Waals surface area contributed by atoms with Crippen LogP contribution in [0.25, 0.3) is 5.70 Å². The molecule has 0 aromatic heterocycles. The van der Waals surface area contributed by atoms with Crippen LogP contribution in [0.2, 0.25) is 0 Å². The summed E-state index contributed by atoms with van der Waals surface area (Å²) in [6.45, 7) is 1.77. The fourth-order valence-electron chi connectivity index (χ4n) is 1.59. The molecule has 70 valence electrons. The fourth-order valence-corrected chi connectivity index (χ4v) is 1.59. The Morgan fingerprint density at radius 2 is 1.93 bits per heavy atom. The van der Waals surface area contributed by atoms with Gasteiger partial charge in [0.2, 0.25) is 0 Å². The van der Waals surface area contributed by atoms with Crippen molar-refractivity contribution < 1.29 is 4.79 Å². The van der Waals surface area contributed by atoms with Gasteiger partial charge in [0.1, 0.15) is 0 Å². The summed E-state index contributed by atoms with van der Waals surface area (Å²) < 4.78 is 0. The number of rotatable bonds is 1. The lowest BCUT2D eigenvalue weighted by molar-refractivity contribution is 0.0851. The fraction of sp³-hybridized carbons (Fsp3) is 0.100. The van der Waals surface area contributed by atoms with E-state index >= 15 is 0 Å². The summed E-state index contributed by atoms with van der Waals surface area (Å²) in [5, 5.41) is 3.58. The third-order valence-corrected chi connectivity index (χ3v) is 2.21. The Bertz CT molecular complexity index is 438. The van der Waals surface area contributed by atoms with Crippen molar-refractivity contribution in [1.82, 2.24) is 5.01 Å². The van der Waals surface area contributed by atoms with E-state index in [2.05, 4.69) is 5.29 Å². The van der Waals surface area contributed by atoms with Gasteiger partial charge in [0.05, 0.1) is 16.5 Å². The first-order chi connectivity index (χ1) is 6.79. The lowest BCUT2D eigenvalue weighted by Gasteiger charge is -2.04. The van der Waals surface area contributed by atoms with Gasteiger partial charge in [0, 0.05) is 5.56 Å². The maximum Gasteiger partial charge on any atom is 0.281 e. The predicted molar refractivity (Wildman–Crippen MR) is 52.1 cm³/mol. The minimum atomic E-state index is -0.358. The molecule has 1 amide bonds. The number of nitrogens with zero attached hydrogens (tertiary/aromatic N) is 2. The molecule has 0 atom stereocenters. The van der Waals surface area contributed by atoms with Crippen LogP contribution in [0.5, 0.6) is 0 Å². The molecule has 14 heavy (non-hydrogen) atoms. The number of allylic oxidation sites excluding steroid dienone is 1. The highest BCUT2D eigenvalue weighted by Gasteiger charge is 2.32. The van der Waals surface area contributed by atoms with Gasteiger partial charge in [-0.15, -0.1) is 4.91 Å². The van der Waals surface area contributed by atoms with Crippen molar-refractivity contribution in [2.45, 2.75) is 6.92 Å². The summed E-state index contributed by atoms with van der Waals surface area (Å²) in [5.41, 5.74) is 1.85. The number of carbonyl (C=O) groups is 1. The molecule has 0 radical (unpaired) electrons. The standard InChI is InChI=1S/C10H8N2O2/c1-2-9-7-5-3-4-6-8(7)10(13)12(9)11-14/h2-6H,1H3. The van der Waals surface area contributed by atoms with Gasteiger partial charge in [0.15, 0.2) is 0 Å². The summed E-state index contributed by atoms with van der Waals surface area (Å²) in [5.74, 6) is -0.358. The van der Waals surface area contributed by atoms with Crippen LogP contribution in [0.4, 0.5) is 0 Å². The Labute approximate surface area is 80.8 Å². The Kier molecular flexibility index (Phi) is 1.89. The van der Waals surface area contributed by atoms with E-state index in [1.54, 1.807) is 31.2 Å². The number of fused-ring (bicyclic) bond motifs is 1. The molecule has 0 fully saturated rings. The Morgan fingerprint density at radius 1 is 1.29 bits per heavy atom. The van der Waals surface area contributed by atoms with Crippen LogP contribution in [0.15, 0.2) is 35.6 Å². The van der Waals surface area contributed by atoms with Crippen LogP contribution >= 0.6 is 0 Å². The van der Waals surface area contributed by atoms with Gasteiger partial charge in [-0.25, -0.2) is 0 Å². The zero-order chi connectivity index (χ0) is 10.1. The summed E-state index contributed by atoms with van der Waals surface area (Å²) >= 11 is 0. The van der Waals surface area contributed by atoms with Gasteiger partial charge in [-0.2, -0.15) is 5.01 Å². The van der Waals surface area contributed by atoms with E-state index in [1.165, 1.54) is 0 Å². The molecular formula is C10H8N2O2. The molecule has 0 saturated heterocycles. The number of carbonyl (C=O) groups excluding carboxylic acids is 1. The van der Waals surface area contributed by atoms with Crippen LogP contribution in [0.3, 0.4) is 0 Å². The highest BCUT2D eigenvalue weighted by atomic mass is 16.3. The van der Waals surface area contributed by atoms with Crippen molar-refractivity contribution in [2.24, 2.45) is 5.29 Å². The van der Waals surface area contributed by atoms with E-state index in [0.717, 1.165) is 10.6 Å². The molecule has 1 aromatic carbocycles. The molecule has 2 rings (SSSR count). The second kappa shape index (κ2) is 3.06. The molecule has 1 aromatic rings. The SMILES string of the molecule is CC=C1c2ccccc2C(=O)N1N=O. The Balaban J connectivity index is 2.66. The predicted octanol–water partition coefficient (Wildman–Crippen LogP) is 2.18.